The minimum atomic E-state index is -0.797. The van der Waals surface area contributed by atoms with Crippen molar-refractivity contribution >= 4 is 5.91 Å². The molecule has 1 aliphatic rings. The van der Waals surface area contributed by atoms with Crippen LogP contribution in [0.5, 0.6) is 0 Å². The molecule has 0 aromatic rings. The lowest BCUT2D eigenvalue weighted by Crippen LogP contribution is -2.48. The SMILES string of the molecule is CCNC(=O)CCCC[C@@H](C)O[C@@H]1O[C@@H](C)[C@H](O)C[C@H]1O. The smallest absolute Gasteiger partial charge is 0.219 e. The van der Waals surface area contributed by atoms with E-state index in [1.54, 1.807) is 6.92 Å². The second kappa shape index (κ2) is 9.35. The first-order valence-electron chi connectivity index (χ1n) is 7.87. The molecule has 21 heavy (non-hydrogen) atoms. The Kier molecular flexibility index (Phi) is 8.18. The molecule has 1 fully saturated rings. The zero-order valence-electron chi connectivity index (χ0n) is 13.2. The van der Waals surface area contributed by atoms with Crippen LogP contribution in [0, 0.1) is 0 Å². The maximum Gasteiger partial charge on any atom is 0.219 e. The number of carbonyl (C=O) groups is 1. The fraction of sp³-hybridized carbons (Fsp3) is 0.933. The molecule has 0 aromatic heterocycles. The number of aliphatic hydroxyl groups excluding tert-OH is 2. The molecule has 3 N–H and O–H groups in total. The summed E-state index contributed by atoms with van der Waals surface area (Å²) >= 11 is 0. The topological polar surface area (TPSA) is 88.0 Å². The monoisotopic (exact) mass is 303 g/mol. The molecule has 1 amide bonds. The fourth-order valence-corrected chi connectivity index (χ4v) is 2.37. The lowest BCUT2D eigenvalue weighted by atomic mass is 10.0. The Morgan fingerprint density at radius 1 is 1.38 bits per heavy atom. The number of carbonyl (C=O) groups excluding carboxylic acids is 1. The second-order valence-corrected chi connectivity index (χ2v) is 5.73. The van der Waals surface area contributed by atoms with Gasteiger partial charge in [0.05, 0.1) is 18.3 Å². The maximum absolute atomic E-state index is 11.3. The minimum absolute atomic E-state index is 0.0543. The molecule has 0 aliphatic carbocycles. The van der Waals surface area contributed by atoms with E-state index in [4.69, 9.17) is 9.47 Å². The van der Waals surface area contributed by atoms with E-state index in [9.17, 15) is 15.0 Å². The van der Waals surface area contributed by atoms with Crippen molar-refractivity contribution < 1.29 is 24.5 Å². The van der Waals surface area contributed by atoms with Crippen molar-refractivity contribution in [3.8, 4) is 0 Å². The van der Waals surface area contributed by atoms with Crippen LogP contribution in [0.4, 0.5) is 0 Å². The van der Waals surface area contributed by atoms with Crippen molar-refractivity contribution in [2.75, 3.05) is 6.54 Å². The van der Waals surface area contributed by atoms with Gasteiger partial charge in [-0.1, -0.05) is 6.42 Å². The van der Waals surface area contributed by atoms with E-state index in [-0.39, 0.29) is 24.5 Å². The number of rotatable bonds is 8. The summed E-state index contributed by atoms with van der Waals surface area (Å²) in [6.07, 6.45) is 0.820. The van der Waals surface area contributed by atoms with Crippen LogP contribution >= 0.6 is 0 Å². The van der Waals surface area contributed by atoms with Crippen molar-refractivity contribution in [2.24, 2.45) is 0 Å². The lowest BCUT2D eigenvalue weighted by Gasteiger charge is -2.36. The van der Waals surface area contributed by atoms with Gasteiger partial charge in [0, 0.05) is 19.4 Å². The highest BCUT2D eigenvalue weighted by Gasteiger charge is 2.35. The Morgan fingerprint density at radius 2 is 2.10 bits per heavy atom. The fourth-order valence-electron chi connectivity index (χ4n) is 2.37. The molecule has 0 aromatic carbocycles. The molecular weight excluding hydrogens is 274 g/mol. The van der Waals surface area contributed by atoms with Gasteiger partial charge in [-0.15, -0.1) is 0 Å². The third-order valence-electron chi connectivity index (χ3n) is 3.69. The zero-order chi connectivity index (χ0) is 15.8. The van der Waals surface area contributed by atoms with E-state index in [1.807, 2.05) is 13.8 Å². The van der Waals surface area contributed by atoms with E-state index >= 15 is 0 Å². The van der Waals surface area contributed by atoms with Gasteiger partial charge in [0.1, 0.15) is 6.10 Å². The van der Waals surface area contributed by atoms with Gasteiger partial charge in [-0.05, 0) is 33.6 Å². The van der Waals surface area contributed by atoms with E-state index in [2.05, 4.69) is 5.32 Å². The zero-order valence-corrected chi connectivity index (χ0v) is 13.2. The molecule has 0 radical (unpaired) electrons. The third-order valence-corrected chi connectivity index (χ3v) is 3.69. The average molecular weight is 303 g/mol. The Labute approximate surface area is 126 Å². The standard InChI is InChI=1S/C15H29NO5/c1-4-16-14(19)8-6-5-7-10(2)20-15-13(18)9-12(17)11(3)21-15/h10-13,15,17-18H,4-9H2,1-3H3,(H,16,19)/t10-,11+,12-,13-,15-/m1/s1. The second-order valence-electron chi connectivity index (χ2n) is 5.73. The highest BCUT2D eigenvalue weighted by molar-refractivity contribution is 5.75. The Morgan fingerprint density at radius 3 is 2.76 bits per heavy atom. The molecule has 1 saturated heterocycles. The number of ether oxygens (including phenoxy) is 2. The number of unbranched alkanes of at least 4 members (excludes halogenated alkanes) is 1. The van der Waals surface area contributed by atoms with Crippen LogP contribution in [-0.4, -0.2) is 53.4 Å². The summed E-state index contributed by atoms with van der Waals surface area (Å²) in [6.45, 7) is 6.27. The summed E-state index contributed by atoms with van der Waals surface area (Å²) in [5.74, 6) is 0.0833. The first-order valence-corrected chi connectivity index (χ1v) is 7.87. The van der Waals surface area contributed by atoms with E-state index in [0.717, 1.165) is 19.3 Å². The summed E-state index contributed by atoms with van der Waals surface area (Å²) in [7, 11) is 0. The van der Waals surface area contributed by atoms with Crippen molar-refractivity contribution in [1.29, 1.82) is 0 Å². The predicted molar refractivity (Wildman–Crippen MR) is 78.7 cm³/mol. The van der Waals surface area contributed by atoms with Crippen molar-refractivity contribution in [1.82, 2.24) is 5.32 Å². The number of aliphatic hydroxyl groups is 2. The van der Waals surface area contributed by atoms with Crippen LogP contribution in [0.25, 0.3) is 0 Å². The summed E-state index contributed by atoms with van der Waals surface area (Å²) in [5.41, 5.74) is 0. The van der Waals surface area contributed by atoms with E-state index in [1.165, 1.54) is 0 Å². The van der Waals surface area contributed by atoms with Gasteiger partial charge in [0.2, 0.25) is 5.91 Å². The number of amides is 1. The van der Waals surface area contributed by atoms with Gasteiger partial charge >= 0.3 is 0 Å². The lowest BCUT2D eigenvalue weighted by molar-refractivity contribution is -0.273. The summed E-state index contributed by atoms with van der Waals surface area (Å²) in [5, 5.41) is 22.2. The van der Waals surface area contributed by atoms with Gasteiger partial charge < -0.3 is 25.0 Å². The van der Waals surface area contributed by atoms with Crippen LogP contribution < -0.4 is 5.32 Å². The summed E-state index contributed by atoms with van der Waals surface area (Å²) in [6, 6.07) is 0. The van der Waals surface area contributed by atoms with Gasteiger partial charge in [0.25, 0.3) is 0 Å². The summed E-state index contributed by atoms with van der Waals surface area (Å²) in [4.78, 5) is 11.3. The molecule has 0 spiro atoms. The van der Waals surface area contributed by atoms with Crippen LogP contribution in [0.2, 0.25) is 0 Å². The van der Waals surface area contributed by atoms with Crippen molar-refractivity contribution in [3.05, 3.63) is 0 Å². The molecular formula is C15H29NO5. The van der Waals surface area contributed by atoms with E-state index in [0.29, 0.717) is 13.0 Å². The van der Waals surface area contributed by atoms with Crippen LogP contribution in [0.15, 0.2) is 0 Å². The third kappa shape index (κ3) is 6.74. The first-order chi connectivity index (χ1) is 9.93. The first kappa shape index (κ1) is 18.4. The minimum Gasteiger partial charge on any atom is -0.390 e. The Bertz CT molecular complexity index is 312. The molecule has 6 nitrogen and oxygen atoms in total. The van der Waals surface area contributed by atoms with E-state index < -0.39 is 18.5 Å². The summed E-state index contributed by atoms with van der Waals surface area (Å²) < 4.78 is 11.2. The van der Waals surface area contributed by atoms with Crippen molar-refractivity contribution in [2.45, 2.75) is 83.6 Å². The quantitative estimate of drug-likeness (QED) is 0.581. The highest BCUT2D eigenvalue weighted by atomic mass is 16.7. The molecule has 1 rings (SSSR count). The van der Waals surface area contributed by atoms with Gasteiger partial charge in [0.15, 0.2) is 6.29 Å². The Balaban J connectivity index is 2.18. The molecule has 0 saturated carbocycles. The highest BCUT2D eigenvalue weighted by Crippen LogP contribution is 2.23. The maximum atomic E-state index is 11.3. The molecule has 1 heterocycles. The molecule has 0 unspecified atom stereocenters. The predicted octanol–water partition coefficient (Wildman–Crippen LogP) is 0.945. The van der Waals surface area contributed by atoms with Crippen LogP contribution in [0.1, 0.15) is 52.9 Å². The average Bonchev–Trinajstić information content (AvgIpc) is 2.41. The normalized spacial score (nSPS) is 30.9. The Hall–Kier alpha value is -0.690. The van der Waals surface area contributed by atoms with Gasteiger partial charge in [-0.2, -0.15) is 0 Å². The number of hydrogen-bond acceptors (Lipinski definition) is 5. The van der Waals surface area contributed by atoms with Crippen LogP contribution in [0.3, 0.4) is 0 Å². The van der Waals surface area contributed by atoms with Crippen LogP contribution in [-0.2, 0) is 14.3 Å². The van der Waals surface area contributed by atoms with Gasteiger partial charge in [-0.25, -0.2) is 0 Å². The molecule has 1 aliphatic heterocycles. The molecule has 6 heteroatoms. The van der Waals surface area contributed by atoms with Crippen molar-refractivity contribution in [3.63, 3.8) is 0 Å². The largest absolute Gasteiger partial charge is 0.390 e. The molecule has 124 valence electrons. The van der Waals surface area contributed by atoms with Gasteiger partial charge in [-0.3, -0.25) is 4.79 Å². The molecule has 0 bridgehead atoms. The number of nitrogens with one attached hydrogen (secondary N) is 1. The number of hydrogen-bond donors (Lipinski definition) is 3. The molecule has 5 atom stereocenters.